The molecule has 0 amide bonds. The molecule has 0 heterocycles. The van der Waals surface area contributed by atoms with E-state index in [9.17, 15) is 22.4 Å². The van der Waals surface area contributed by atoms with Gasteiger partial charge in [0.25, 0.3) is 5.24 Å². The molecule has 0 N–H and O–H groups in total. The van der Waals surface area contributed by atoms with Gasteiger partial charge < -0.3 is 0 Å². The number of halogens is 6. The molecule has 0 bridgehead atoms. The predicted molar refractivity (Wildman–Crippen MR) is 49.3 cm³/mol. The van der Waals surface area contributed by atoms with Crippen LogP contribution in [-0.4, -0.2) is 5.24 Å². The molecule has 1 nitrogen and oxygen atoms in total. The van der Waals surface area contributed by atoms with Crippen molar-refractivity contribution in [2.45, 2.75) is 6.18 Å². The topological polar surface area (TPSA) is 17.1 Å². The summed E-state index contributed by atoms with van der Waals surface area (Å²) in [6, 6.07) is 0.819. The quantitative estimate of drug-likeness (QED) is 0.566. The Hall–Kier alpha value is -0.620. The van der Waals surface area contributed by atoms with E-state index in [2.05, 4.69) is 15.9 Å². The van der Waals surface area contributed by atoms with Crippen LogP contribution in [0.25, 0.3) is 0 Å². The van der Waals surface area contributed by atoms with Crippen molar-refractivity contribution < 1.29 is 22.4 Å². The van der Waals surface area contributed by atoms with E-state index in [1.807, 2.05) is 0 Å². The fraction of sp³-hybridized carbons (Fsp3) is 0.125. The van der Waals surface area contributed by atoms with Gasteiger partial charge in [-0.05, 0) is 39.7 Å². The number of hydrogen-bond donors (Lipinski definition) is 0. The highest BCUT2D eigenvalue weighted by atomic mass is 79.9. The van der Waals surface area contributed by atoms with Crippen LogP contribution < -0.4 is 0 Å². The summed E-state index contributed by atoms with van der Waals surface area (Å²) in [6.45, 7) is 0. The van der Waals surface area contributed by atoms with Crippen molar-refractivity contribution >= 4 is 32.8 Å². The molecule has 0 aliphatic carbocycles. The first-order chi connectivity index (χ1) is 6.73. The van der Waals surface area contributed by atoms with E-state index in [1.54, 1.807) is 0 Å². The molecule has 7 heteroatoms. The Kier molecular flexibility index (Phi) is 3.40. The molecule has 0 fully saturated rings. The minimum absolute atomic E-state index is 0.223. The Balaban J connectivity index is 3.39. The maximum absolute atomic E-state index is 13.1. The van der Waals surface area contributed by atoms with Crippen LogP contribution in [0.5, 0.6) is 0 Å². The first-order valence-electron chi connectivity index (χ1n) is 3.49. The van der Waals surface area contributed by atoms with Crippen molar-refractivity contribution in [3.05, 3.63) is 33.5 Å². The summed E-state index contributed by atoms with van der Waals surface area (Å²) in [5.74, 6) is -1.31. The van der Waals surface area contributed by atoms with Gasteiger partial charge in [-0.25, -0.2) is 4.39 Å². The average Bonchev–Trinajstić information content (AvgIpc) is 1.99. The molecule has 0 unspecified atom stereocenters. The van der Waals surface area contributed by atoms with Crippen molar-refractivity contribution in [3.63, 3.8) is 0 Å². The molecule has 0 spiro atoms. The summed E-state index contributed by atoms with van der Waals surface area (Å²) in [5.41, 5.74) is -1.79. The van der Waals surface area contributed by atoms with Crippen LogP contribution in [0.15, 0.2) is 16.6 Å². The normalized spacial score (nSPS) is 11.6. The largest absolute Gasteiger partial charge is 0.416 e. The van der Waals surface area contributed by atoms with E-state index in [-0.39, 0.29) is 10.5 Å². The molecule has 1 rings (SSSR count). The number of carbonyl (C=O) groups is 1. The van der Waals surface area contributed by atoms with Gasteiger partial charge in [-0.3, -0.25) is 4.79 Å². The zero-order chi connectivity index (χ0) is 11.8. The first kappa shape index (κ1) is 12.4. The fourth-order valence-electron chi connectivity index (χ4n) is 0.925. The summed E-state index contributed by atoms with van der Waals surface area (Å²) in [6.07, 6.45) is -4.67. The molecular formula is C8H2BrClF4O. The second-order valence-electron chi connectivity index (χ2n) is 2.59. The Morgan fingerprint density at radius 1 is 1.33 bits per heavy atom. The standard InChI is InChI=1S/C8H2BrClF4O/c9-4-1-3(8(12,13)14)2-5(11)6(4)7(10)15/h1-2H. The summed E-state index contributed by atoms with van der Waals surface area (Å²) < 4.78 is 49.3. The zero-order valence-electron chi connectivity index (χ0n) is 6.83. The third-order valence-electron chi connectivity index (χ3n) is 1.57. The fourth-order valence-corrected chi connectivity index (χ4v) is 1.85. The number of carbonyl (C=O) groups excluding carboxylic acids is 1. The van der Waals surface area contributed by atoms with Crippen molar-refractivity contribution in [3.8, 4) is 0 Å². The second-order valence-corrected chi connectivity index (χ2v) is 3.78. The molecule has 0 aromatic heterocycles. The first-order valence-corrected chi connectivity index (χ1v) is 4.66. The van der Waals surface area contributed by atoms with Gasteiger partial charge in [0.1, 0.15) is 5.82 Å². The molecular weight excluding hydrogens is 303 g/mol. The Bertz CT molecular complexity index is 393. The summed E-state index contributed by atoms with van der Waals surface area (Å²) in [4.78, 5) is 10.7. The molecule has 0 saturated heterocycles. The number of rotatable bonds is 1. The lowest BCUT2D eigenvalue weighted by Crippen LogP contribution is -2.08. The maximum atomic E-state index is 13.1. The molecule has 0 aliphatic heterocycles. The van der Waals surface area contributed by atoms with Crippen LogP contribution in [0.3, 0.4) is 0 Å². The number of benzene rings is 1. The summed E-state index contributed by atoms with van der Waals surface area (Å²) in [5, 5.41) is -1.16. The highest BCUT2D eigenvalue weighted by molar-refractivity contribution is 9.10. The van der Waals surface area contributed by atoms with Crippen LogP contribution in [0.1, 0.15) is 15.9 Å². The van der Waals surface area contributed by atoms with Gasteiger partial charge in [-0.1, -0.05) is 0 Å². The number of alkyl halides is 3. The molecule has 0 aliphatic rings. The Labute approximate surface area is 95.2 Å². The average molecular weight is 305 g/mol. The van der Waals surface area contributed by atoms with Gasteiger partial charge in [0, 0.05) is 4.47 Å². The van der Waals surface area contributed by atoms with Gasteiger partial charge >= 0.3 is 6.18 Å². The van der Waals surface area contributed by atoms with Crippen LogP contribution >= 0.6 is 27.5 Å². The predicted octanol–water partition coefficient (Wildman–Crippen LogP) is 3.99. The lowest BCUT2D eigenvalue weighted by Gasteiger charge is -2.09. The lowest BCUT2D eigenvalue weighted by atomic mass is 10.1. The van der Waals surface area contributed by atoms with Crippen LogP contribution in [0, 0.1) is 5.82 Å². The van der Waals surface area contributed by atoms with Crippen LogP contribution in [0.2, 0.25) is 0 Å². The van der Waals surface area contributed by atoms with Crippen LogP contribution in [0.4, 0.5) is 17.6 Å². The van der Waals surface area contributed by atoms with Crippen molar-refractivity contribution in [1.82, 2.24) is 0 Å². The SMILES string of the molecule is O=C(Cl)c1c(F)cc(C(F)(F)F)cc1Br. The van der Waals surface area contributed by atoms with Crippen molar-refractivity contribution in [2.24, 2.45) is 0 Å². The zero-order valence-corrected chi connectivity index (χ0v) is 9.17. The molecule has 0 saturated carbocycles. The highest BCUT2D eigenvalue weighted by Gasteiger charge is 2.32. The molecule has 15 heavy (non-hydrogen) atoms. The van der Waals surface area contributed by atoms with E-state index in [1.165, 1.54) is 0 Å². The van der Waals surface area contributed by atoms with Gasteiger partial charge in [-0.15, -0.1) is 0 Å². The van der Waals surface area contributed by atoms with Crippen molar-refractivity contribution in [2.75, 3.05) is 0 Å². The van der Waals surface area contributed by atoms with E-state index in [0.29, 0.717) is 6.07 Å². The minimum Gasteiger partial charge on any atom is -0.275 e. The van der Waals surface area contributed by atoms with E-state index >= 15 is 0 Å². The van der Waals surface area contributed by atoms with Gasteiger partial charge in [-0.2, -0.15) is 13.2 Å². The Morgan fingerprint density at radius 3 is 2.20 bits per heavy atom. The van der Waals surface area contributed by atoms with Crippen LogP contribution in [-0.2, 0) is 6.18 Å². The molecule has 0 radical (unpaired) electrons. The Morgan fingerprint density at radius 2 is 1.87 bits per heavy atom. The maximum Gasteiger partial charge on any atom is 0.416 e. The highest BCUT2D eigenvalue weighted by Crippen LogP contribution is 2.34. The lowest BCUT2D eigenvalue weighted by molar-refractivity contribution is -0.137. The second kappa shape index (κ2) is 4.09. The number of hydrogen-bond acceptors (Lipinski definition) is 1. The summed E-state index contributed by atoms with van der Waals surface area (Å²) >= 11 is 7.64. The third kappa shape index (κ3) is 2.69. The molecule has 1 aromatic carbocycles. The van der Waals surface area contributed by atoms with Gasteiger partial charge in [0.15, 0.2) is 0 Å². The van der Waals surface area contributed by atoms with E-state index in [4.69, 9.17) is 11.6 Å². The molecule has 1 aromatic rings. The van der Waals surface area contributed by atoms with E-state index < -0.39 is 28.4 Å². The van der Waals surface area contributed by atoms with Gasteiger partial charge in [0.05, 0.1) is 11.1 Å². The van der Waals surface area contributed by atoms with Crippen molar-refractivity contribution in [1.29, 1.82) is 0 Å². The monoisotopic (exact) mass is 304 g/mol. The van der Waals surface area contributed by atoms with E-state index in [0.717, 1.165) is 0 Å². The van der Waals surface area contributed by atoms with Gasteiger partial charge in [0.2, 0.25) is 0 Å². The molecule has 82 valence electrons. The third-order valence-corrected chi connectivity index (χ3v) is 2.38. The minimum atomic E-state index is -4.67. The summed E-state index contributed by atoms with van der Waals surface area (Å²) in [7, 11) is 0. The smallest absolute Gasteiger partial charge is 0.275 e. The molecule has 0 atom stereocenters.